The highest BCUT2D eigenvalue weighted by Crippen LogP contribution is 2.31. The fourth-order valence-electron chi connectivity index (χ4n) is 2.03. The lowest BCUT2D eigenvalue weighted by Gasteiger charge is -2.04. The highest BCUT2D eigenvalue weighted by Gasteiger charge is 2.10. The minimum atomic E-state index is -0.968. The van der Waals surface area contributed by atoms with E-state index >= 15 is 0 Å². The van der Waals surface area contributed by atoms with Crippen LogP contribution in [0.2, 0.25) is 10.0 Å². The second-order valence-corrected chi connectivity index (χ2v) is 6.66. The van der Waals surface area contributed by atoms with Crippen molar-refractivity contribution in [3.8, 4) is 17.0 Å². The van der Waals surface area contributed by atoms with Crippen molar-refractivity contribution in [2.45, 2.75) is 6.61 Å². The molecule has 0 aliphatic rings. The summed E-state index contributed by atoms with van der Waals surface area (Å²) in [6.45, 7) is 0.287. The van der Waals surface area contributed by atoms with Crippen molar-refractivity contribution in [3.63, 3.8) is 0 Å². The van der Waals surface area contributed by atoms with E-state index in [0.717, 1.165) is 16.3 Å². The van der Waals surface area contributed by atoms with Gasteiger partial charge in [-0.1, -0.05) is 23.2 Å². The fraction of sp³-hybridized carbons (Fsp3) is 0.0588. The summed E-state index contributed by atoms with van der Waals surface area (Å²) in [7, 11) is 0. The normalized spacial score (nSPS) is 10.6. The molecule has 0 unspecified atom stereocenters. The molecule has 0 aliphatic carbocycles. The van der Waals surface area contributed by atoms with Gasteiger partial charge in [-0.2, -0.15) is 0 Å². The summed E-state index contributed by atoms with van der Waals surface area (Å²) in [5.74, 6) is -0.387. The molecule has 0 radical (unpaired) electrons. The van der Waals surface area contributed by atoms with Gasteiger partial charge < -0.3 is 9.84 Å². The molecule has 24 heavy (non-hydrogen) atoms. The molecular weight excluding hydrogens is 369 g/mol. The molecule has 0 amide bonds. The van der Waals surface area contributed by atoms with Crippen molar-refractivity contribution >= 4 is 40.5 Å². The molecule has 2 aromatic carbocycles. The molecule has 3 rings (SSSR count). The topological polar surface area (TPSA) is 59.4 Å². The van der Waals surface area contributed by atoms with Crippen molar-refractivity contribution < 1.29 is 14.6 Å². The third-order valence-electron chi connectivity index (χ3n) is 3.22. The van der Waals surface area contributed by atoms with Crippen LogP contribution in [-0.2, 0) is 6.61 Å². The molecule has 7 heteroatoms. The molecule has 0 saturated heterocycles. The first-order valence-corrected chi connectivity index (χ1v) is 8.52. The lowest BCUT2D eigenvalue weighted by molar-refractivity contribution is 0.0697. The fourth-order valence-corrected chi connectivity index (χ4v) is 3.13. The second kappa shape index (κ2) is 7.21. The van der Waals surface area contributed by atoms with Crippen molar-refractivity contribution in [1.82, 2.24) is 4.98 Å². The predicted octanol–water partition coefficient (Wildman–Crippen LogP) is 5.39. The Balaban J connectivity index is 1.70. The lowest BCUT2D eigenvalue weighted by atomic mass is 10.2. The second-order valence-electron chi connectivity index (χ2n) is 4.87. The summed E-state index contributed by atoms with van der Waals surface area (Å²) in [6.07, 6.45) is 0. The van der Waals surface area contributed by atoms with Crippen molar-refractivity contribution in [3.05, 3.63) is 68.5 Å². The molecule has 4 nitrogen and oxygen atoms in total. The summed E-state index contributed by atoms with van der Waals surface area (Å²) >= 11 is 13.6. The third-order valence-corrected chi connectivity index (χ3v) is 4.61. The molecule has 1 aromatic heterocycles. The van der Waals surface area contributed by atoms with E-state index in [0.29, 0.717) is 15.8 Å². The Morgan fingerprint density at radius 1 is 1.17 bits per heavy atom. The van der Waals surface area contributed by atoms with Crippen LogP contribution in [0.3, 0.4) is 0 Å². The molecule has 0 aliphatic heterocycles. The van der Waals surface area contributed by atoms with Crippen molar-refractivity contribution in [1.29, 1.82) is 0 Å². The van der Waals surface area contributed by atoms with Crippen LogP contribution >= 0.6 is 34.5 Å². The van der Waals surface area contributed by atoms with Gasteiger partial charge in [0, 0.05) is 16.0 Å². The van der Waals surface area contributed by atoms with E-state index in [9.17, 15) is 4.79 Å². The highest BCUT2D eigenvalue weighted by atomic mass is 35.5. The van der Waals surface area contributed by atoms with Crippen LogP contribution in [0.25, 0.3) is 11.3 Å². The number of carbonyl (C=O) groups is 1. The van der Waals surface area contributed by atoms with Crippen molar-refractivity contribution in [2.24, 2.45) is 0 Å². The van der Waals surface area contributed by atoms with Gasteiger partial charge in [0.05, 0.1) is 16.3 Å². The number of rotatable bonds is 5. The molecule has 1 heterocycles. The van der Waals surface area contributed by atoms with Gasteiger partial charge >= 0.3 is 5.97 Å². The molecule has 0 saturated carbocycles. The number of hydrogen-bond acceptors (Lipinski definition) is 4. The standard InChI is InChI=1S/C17H11Cl2NO3S/c18-11-3-6-14(19)13(7-11)15-9-24-16(20-15)8-23-12-4-1-10(2-5-12)17(21)22/h1-7,9H,8H2,(H,21,22). The zero-order valence-electron chi connectivity index (χ0n) is 12.2. The van der Waals surface area contributed by atoms with Gasteiger partial charge in [0.1, 0.15) is 17.4 Å². The molecule has 0 bridgehead atoms. The number of carboxylic acids is 1. The average molecular weight is 380 g/mol. The van der Waals surface area contributed by atoms with E-state index in [1.807, 2.05) is 5.38 Å². The molecular formula is C17H11Cl2NO3S. The van der Waals surface area contributed by atoms with E-state index < -0.39 is 5.97 Å². The van der Waals surface area contributed by atoms with E-state index in [2.05, 4.69) is 4.98 Å². The largest absolute Gasteiger partial charge is 0.486 e. The first-order chi connectivity index (χ1) is 11.5. The molecule has 0 atom stereocenters. The summed E-state index contributed by atoms with van der Waals surface area (Å²) in [6, 6.07) is 11.5. The minimum Gasteiger partial charge on any atom is -0.486 e. The molecule has 0 spiro atoms. The molecule has 122 valence electrons. The number of aromatic carboxylic acids is 1. The van der Waals surface area contributed by atoms with E-state index in [1.165, 1.54) is 23.5 Å². The number of ether oxygens (including phenoxy) is 1. The SMILES string of the molecule is O=C(O)c1ccc(OCc2nc(-c3cc(Cl)ccc3Cl)cs2)cc1. The maximum Gasteiger partial charge on any atom is 0.335 e. The Bertz CT molecular complexity index is 878. The quantitative estimate of drug-likeness (QED) is 0.644. The number of nitrogens with zero attached hydrogens (tertiary/aromatic N) is 1. The number of aromatic nitrogens is 1. The van der Waals surface area contributed by atoms with Crippen LogP contribution < -0.4 is 4.74 Å². The van der Waals surface area contributed by atoms with Gasteiger partial charge in [-0.15, -0.1) is 11.3 Å². The molecule has 3 aromatic rings. The summed E-state index contributed by atoms with van der Waals surface area (Å²) < 4.78 is 5.63. The number of thiazole rings is 1. The Hall–Kier alpha value is -2.08. The third kappa shape index (κ3) is 3.87. The van der Waals surface area contributed by atoms with Crippen LogP contribution in [0.4, 0.5) is 0 Å². The van der Waals surface area contributed by atoms with E-state index in [4.69, 9.17) is 33.0 Å². The number of carboxylic acid groups (broad SMARTS) is 1. The molecule has 0 fully saturated rings. The van der Waals surface area contributed by atoms with Crippen LogP contribution in [0.1, 0.15) is 15.4 Å². The summed E-state index contributed by atoms with van der Waals surface area (Å²) in [5.41, 5.74) is 1.74. The summed E-state index contributed by atoms with van der Waals surface area (Å²) in [5, 5.41) is 12.7. The van der Waals surface area contributed by atoms with Crippen LogP contribution in [-0.4, -0.2) is 16.1 Å². The van der Waals surface area contributed by atoms with Gasteiger partial charge in [-0.3, -0.25) is 0 Å². The van der Waals surface area contributed by atoms with Crippen LogP contribution in [0.5, 0.6) is 5.75 Å². The zero-order chi connectivity index (χ0) is 17.1. The maximum absolute atomic E-state index is 10.8. The van der Waals surface area contributed by atoms with Crippen LogP contribution in [0, 0.1) is 0 Å². The maximum atomic E-state index is 10.8. The summed E-state index contributed by atoms with van der Waals surface area (Å²) in [4.78, 5) is 15.3. The zero-order valence-corrected chi connectivity index (χ0v) is 14.5. The number of halogens is 2. The Kier molecular flexibility index (Phi) is 5.04. The molecule has 1 N–H and O–H groups in total. The Morgan fingerprint density at radius 3 is 2.62 bits per heavy atom. The van der Waals surface area contributed by atoms with Gasteiger partial charge in [-0.25, -0.2) is 9.78 Å². The minimum absolute atomic E-state index is 0.217. The smallest absolute Gasteiger partial charge is 0.335 e. The van der Waals surface area contributed by atoms with E-state index in [-0.39, 0.29) is 12.2 Å². The lowest BCUT2D eigenvalue weighted by Crippen LogP contribution is -1.98. The predicted molar refractivity (Wildman–Crippen MR) is 95.3 cm³/mol. The Labute approximate surface area is 152 Å². The van der Waals surface area contributed by atoms with Gasteiger partial charge in [0.15, 0.2) is 0 Å². The average Bonchev–Trinajstić information content (AvgIpc) is 3.04. The van der Waals surface area contributed by atoms with Gasteiger partial charge in [0.25, 0.3) is 0 Å². The monoisotopic (exact) mass is 379 g/mol. The van der Waals surface area contributed by atoms with E-state index in [1.54, 1.807) is 30.3 Å². The van der Waals surface area contributed by atoms with Crippen LogP contribution in [0.15, 0.2) is 47.8 Å². The first-order valence-electron chi connectivity index (χ1n) is 6.89. The van der Waals surface area contributed by atoms with Crippen molar-refractivity contribution in [2.75, 3.05) is 0 Å². The number of benzene rings is 2. The van der Waals surface area contributed by atoms with Gasteiger partial charge in [-0.05, 0) is 42.5 Å². The Morgan fingerprint density at radius 2 is 1.92 bits per heavy atom. The highest BCUT2D eigenvalue weighted by molar-refractivity contribution is 7.09. The first kappa shape index (κ1) is 16.8. The number of hydrogen-bond donors (Lipinski definition) is 1. The van der Waals surface area contributed by atoms with Gasteiger partial charge in [0.2, 0.25) is 0 Å².